The molecule has 0 aliphatic carbocycles. The van der Waals surface area contributed by atoms with Crippen molar-refractivity contribution < 1.29 is 9.59 Å². The van der Waals surface area contributed by atoms with E-state index >= 15 is 0 Å². The van der Waals surface area contributed by atoms with Crippen LogP contribution in [0.25, 0.3) is 0 Å². The molecular weight excluding hydrogens is 266 g/mol. The van der Waals surface area contributed by atoms with Gasteiger partial charge in [0.2, 0.25) is 11.8 Å². The Labute approximate surface area is 125 Å². The molecule has 5 heteroatoms. The predicted molar refractivity (Wildman–Crippen MR) is 83.2 cm³/mol. The normalized spacial score (nSPS) is 16.0. The van der Waals surface area contributed by atoms with Gasteiger partial charge in [-0.25, -0.2) is 0 Å². The number of carbonyl (C=O) groups excluding carboxylic acids is 2. The van der Waals surface area contributed by atoms with Crippen molar-refractivity contribution >= 4 is 17.5 Å². The Morgan fingerprint density at radius 1 is 1.38 bits per heavy atom. The van der Waals surface area contributed by atoms with Gasteiger partial charge in [0, 0.05) is 38.2 Å². The smallest absolute Gasteiger partial charge is 0.239 e. The quantitative estimate of drug-likeness (QED) is 0.835. The third kappa shape index (κ3) is 3.74. The fourth-order valence-corrected chi connectivity index (χ4v) is 2.69. The summed E-state index contributed by atoms with van der Waals surface area (Å²) in [4.78, 5) is 25.6. The highest BCUT2D eigenvalue weighted by atomic mass is 16.2. The molecule has 0 saturated heterocycles. The third-order valence-corrected chi connectivity index (χ3v) is 3.82. The van der Waals surface area contributed by atoms with Gasteiger partial charge in [-0.05, 0) is 18.1 Å². The average molecular weight is 289 g/mol. The van der Waals surface area contributed by atoms with Crippen molar-refractivity contribution in [1.82, 2.24) is 10.2 Å². The summed E-state index contributed by atoms with van der Waals surface area (Å²) in [6, 6.07) is 8.09. The van der Waals surface area contributed by atoms with Crippen LogP contribution in [0.3, 0.4) is 0 Å². The van der Waals surface area contributed by atoms with Gasteiger partial charge in [0.15, 0.2) is 0 Å². The molecule has 0 fully saturated rings. The molecule has 1 unspecified atom stereocenters. The molecule has 0 radical (unpaired) electrons. The van der Waals surface area contributed by atoms with Crippen LogP contribution in [0.4, 0.5) is 5.69 Å². The Hall–Kier alpha value is -2.04. The van der Waals surface area contributed by atoms with Gasteiger partial charge < -0.3 is 15.5 Å². The Morgan fingerprint density at radius 3 is 2.86 bits per heavy atom. The predicted octanol–water partition coefficient (Wildman–Crippen LogP) is 1.57. The Balaban J connectivity index is 2.01. The Kier molecular flexibility index (Phi) is 5.20. The third-order valence-electron chi connectivity index (χ3n) is 3.82. The van der Waals surface area contributed by atoms with Crippen LogP contribution in [0, 0.1) is 0 Å². The van der Waals surface area contributed by atoms with Gasteiger partial charge in [0.05, 0.1) is 6.54 Å². The number of fused-ring (bicyclic) bond motifs is 1. The second kappa shape index (κ2) is 7.11. The number of anilines is 1. The van der Waals surface area contributed by atoms with Crippen LogP contribution in [0.2, 0.25) is 0 Å². The van der Waals surface area contributed by atoms with E-state index in [1.807, 2.05) is 25.1 Å². The minimum Gasteiger partial charge on any atom is -0.384 e. The number of rotatable bonds is 6. The summed E-state index contributed by atoms with van der Waals surface area (Å²) in [6.45, 7) is 3.56. The van der Waals surface area contributed by atoms with Crippen LogP contribution >= 0.6 is 0 Å². The first-order valence-corrected chi connectivity index (χ1v) is 7.46. The first kappa shape index (κ1) is 15.4. The van der Waals surface area contributed by atoms with Crippen molar-refractivity contribution in [2.75, 3.05) is 32.0 Å². The standard InChI is InChI=1S/C16H23N3O2/c1-3-8-19(11-15(20)17-2)16(21)9-12-10-18-14-7-5-4-6-13(12)14/h4-7,12,18H,3,8-11H2,1-2H3,(H,17,20). The van der Waals surface area contributed by atoms with Crippen LogP contribution in [-0.2, 0) is 9.59 Å². The van der Waals surface area contributed by atoms with Crippen molar-refractivity contribution in [3.05, 3.63) is 29.8 Å². The fraction of sp³-hybridized carbons (Fsp3) is 0.500. The van der Waals surface area contributed by atoms with Crippen molar-refractivity contribution in [3.8, 4) is 0 Å². The molecule has 0 aromatic heterocycles. The number of amides is 2. The molecule has 21 heavy (non-hydrogen) atoms. The van der Waals surface area contributed by atoms with Gasteiger partial charge in [-0.2, -0.15) is 0 Å². The van der Waals surface area contributed by atoms with Gasteiger partial charge in [0.25, 0.3) is 0 Å². The van der Waals surface area contributed by atoms with Crippen molar-refractivity contribution in [3.63, 3.8) is 0 Å². The lowest BCUT2D eigenvalue weighted by molar-refractivity contribution is -0.136. The summed E-state index contributed by atoms with van der Waals surface area (Å²) in [7, 11) is 1.59. The first-order chi connectivity index (χ1) is 10.2. The molecule has 114 valence electrons. The molecule has 0 saturated carbocycles. The molecule has 1 aromatic carbocycles. The molecule has 1 atom stereocenters. The average Bonchev–Trinajstić information content (AvgIpc) is 2.90. The van der Waals surface area contributed by atoms with Crippen LogP contribution in [0.1, 0.15) is 31.2 Å². The number of hydrogen-bond acceptors (Lipinski definition) is 3. The highest BCUT2D eigenvalue weighted by molar-refractivity contribution is 5.85. The number of para-hydroxylation sites is 1. The second-order valence-electron chi connectivity index (χ2n) is 5.36. The van der Waals surface area contributed by atoms with Gasteiger partial charge in [0.1, 0.15) is 0 Å². The number of likely N-dealkylation sites (N-methyl/N-ethyl adjacent to an activating group) is 1. The molecule has 1 aliphatic heterocycles. The molecule has 1 aromatic rings. The summed E-state index contributed by atoms with van der Waals surface area (Å²) in [5.41, 5.74) is 2.31. The maximum absolute atomic E-state index is 12.5. The van der Waals surface area contributed by atoms with E-state index in [4.69, 9.17) is 0 Å². The molecule has 5 nitrogen and oxygen atoms in total. The zero-order valence-electron chi connectivity index (χ0n) is 12.7. The lowest BCUT2D eigenvalue weighted by atomic mass is 9.97. The highest BCUT2D eigenvalue weighted by Crippen LogP contribution is 2.33. The lowest BCUT2D eigenvalue weighted by Crippen LogP contribution is -2.40. The molecule has 0 bridgehead atoms. The van der Waals surface area contributed by atoms with Crippen LogP contribution < -0.4 is 10.6 Å². The minimum absolute atomic E-state index is 0.0453. The summed E-state index contributed by atoms with van der Waals surface area (Å²) < 4.78 is 0. The van der Waals surface area contributed by atoms with Gasteiger partial charge in [-0.15, -0.1) is 0 Å². The number of nitrogens with zero attached hydrogens (tertiary/aromatic N) is 1. The SMILES string of the molecule is CCCN(CC(=O)NC)C(=O)CC1CNc2ccccc21. The van der Waals surface area contributed by atoms with Crippen LogP contribution in [-0.4, -0.2) is 43.4 Å². The van der Waals surface area contributed by atoms with E-state index in [-0.39, 0.29) is 24.3 Å². The monoisotopic (exact) mass is 289 g/mol. The fourth-order valence-electron chi connectivity index (χ4n) is 2.69. The first-order valence-electron chi connectivity index (χ1n) is 7.46. The topological polar surface area (TPSA) is 61.4 Å². The van der Waals surface area contributed by atoms with E-state index < -0.39 is 0 Å². The maximum atomic E-state index is 12.5. The van der Waals surface area contributed by atoms with E-state index in [0.717, 1.165) is 18.7 Å². The van der Waals surface area contributed by atoms with Gasteiger partial charge >= 0.3 is 0 Å². The van der Waals surface area contributed by atoms with Crippen molar-refractivity contribution in [2.45, 2.75) is 25.7 Å². The Morgan fingerprint density at radius 2 is 2.14 bits per heavy atom. The van der Waals surface area contributed by atoms with E-state index in [9.17, 15) is 9.59 Å². The molecule has 2 amide bonds. The van der Waals surface area contributed by atoms with Crippen LogP contribution in [0.15, 0.2) is 24.3 Å². The van der Waals surface area contributed by atoms with Crippen LogP contribution in [0.5, 0.6) is 0 Å². The summed E-state index contributed by atoms with van der Waals surface area (Å²) in [5, 5.41) is 5.90. The molecule has 2 N–H and O–H groups in total. The lowest BCUT2D eigenvalue weighted by Gasteiger charge is -2.23. The molecule has 2 rings (SSSR count). The number of hydrogen-bond donors (Lipinski definition) is 2. The second-order valence-corrected chi connectivity index (χ2v) is 5.36. The maximum Gasteiger partial charge on any atom is 0.239 e. The largest absolute Gasteiger partial charge is 0.384 e. The van der Waals surface area contributed by atoms with E-state index in [2.05, 4.69) is 16.7 Å². The number of benzene rings is 1. The summed E-state index contributed by atoms with van der Waals surface area (Å²) in [5.74, 6) is 0.114. The highest BCUT2D eigenvalue weighted by Gasteiger charge is 2.26. The zero-order chi connectivity index (χ0) is 15.2. The van der Waals surface area contributed by atoms with E-state index in [1.54, 1.807) is 11.9 Å². The molecule has 1 aliphatic rings. The van der Waals surface area contributed by atoms with Crippen molar-refractivity contribution in [2.24, 2.45) is 0 Å². The summed E-state index contributed by atoms with van der Waals surface area (Å²) in [6.07, 6.45) is 1.29. The van der Waals surface area contributed by atoms with Gasteiger partial charge in [-0.3, -0.25) is 9.59 Å². The molecule has 0 spiro atoms. The summed E-state index contributed by atoms with van der Waals surface area (Å²) >= 11 is 0. The Bertz CT molecular complexity index is 516. The number of carbonyl (C=O) groups is 2. The number of nitrogens with one attached hydrogen (secondary N) is 2. The van der Waals surface area contributed by atoms with Crippen molar-refractivity contribution in [1.29, 1.82) is 0 Å². The molecular formula is C16H23N3O2. The van der Waals surface area contributed by atoms with E-state index in [1.165, 1.54) is 5.56 Å². The molecule has 1 heterocycles. The zero-order valence-corrected chi connectivity index (χ0v) is 12.7. The minimum atomic E-state index is -0.123. The van der Waals surface area contributed by atoms with Gasteiger partial charge in [-0.1, -0.05) is 25.1 Å². The van der Waals surface area contributed by atoms with E-state index in [0.29, 0.717) is 13.0 Å².